The van der Waals surface area contributed by atoms with E-state index in [-0.39, 0.29) is 11.9 Å². The second kappa shape index (κ2) is 7.11. The van der Waals surface area contributed by atoms with Crippen molar-refractivity contribution in [3.05, 3.63) is 84.1 Å². The number of rotatable bonds is 4. The van der Waals surface area contributed by atoms with Crippen LogP contribution >= 0.6 is 0 Å². The molecule has 3 aliphatic heterocycles. The van der Waals surface area contributed by atoms with Crippen LogP contribution in [0.15, 0.2) is 77.2 Å². The number of hydrogen-bond donors (Lipinski definition) is 1. The van der Waals surface area contributed by atoms with Crippen LogP contribution in [0.4, 0.5) is 0 Å². The first-order valence-corrected chi connectivity index (χ1v) is 12.1. The van der Waals surface area contributed by atoms with Gasteiger partial charge in [-0.1, -0.05) is 58.8 Å². The van der Waals surface area contributed by atoms with Gasteiger partial charge in [0.25, 0.3) is 0 Å². The van der Waals surface area contributed by atoms with Crippen molar-refractivity contribution in [1.82, 2.24) is 4.72 Å². The lowest BCUT2D eigenvalue weighted by Gasteiger charge is -2.46. The zero-order valence-electron chi connectivity index (χ0n) is 17.0. The molecule has 0 radical (unpaired) electrons. The lowest BCUT2D eigenvalue weighted by Crippen LogP contribution is -2.70. The van der Waals surface area contributed by atoms with Gasteiger partial charge in [-0.25, -0.2) is 4.79 Å². The summed E-state index contributed by atoms with van der Waals surface area (Å²) in [7, 11) is -3.66. The largest absolute Gasteiger partial charge is 0.597 e. The Morgan fingerprint density at radius 1 is 1.19 bits per heavy atom. The third-order valence-electron chi connectivity index (χ3n) is 6.54. The molecule has 4 heterocycles. The van der Waals surface area contributed by atoms with Gasteiger partial charge in [-0.05, 0) is 30.2 Å². The Labute approximate surface area is 185 Å². The average molecular weight is 452 g/mol. The number of sulfonamides is 1. The predicted octanol–water partition coefficient (Wildman–Crippen LogP) is 3.18. The van der Waals surface area contributed by atoms with Gasteiger partial charge < -0.3 is 18.4 Å². The number of ether oxygens (including phenoxy) is 2. The van der Waals surface area contributed by atoms with E-state index >= 15 is 0 Å². The van der Waals surface area contributed by atoms with Crippen LogP contribution < -0.4 is 4.72 Å². The van der Waals surface area contributed by atoms with Crippen molar-refractivity contribution in [3.8, 4) is 0 Å². The molecule has 0 amide bonds. The molecule has 32 heavy (non-hydrogen) atoms. The molecule has 2 unspecified atom stereocenters. The van der Waals surface area contributed by atoms with Gasteiger partial charge in [-0.15, -0.1) is 4.72 Å². The zero-order chi connectivity index (χ0) is 21.9. The highest BCUT2D eigenvalue weighted by molar-refractivity contribution is 7.96. The molecule has 2 bridgehead atoms. The summed E-state index contributed by atoms with van der Waals surface area (Å²) < 4.78 is 46.7. The lowest BCUT2D eigenvalue weighted by molar-refractivity contribution is -0.0888. The summed E-state index contributed by atoms with van der Waals surface area (Å²) in [6.45, 7) is 0. The molecule has 8 heteroatoms. The third kappa shape index (κ3) is 3.06. The van der Waals surface area contributed by atoms with Crippen molar-refractivity contribution >= 4 is 27.3 Å². The number of carbonyl (C=O) groups is 1. The van der Waals surface area contributed by atoms with Crippen molar-refractivity contribution in [2.24, 2.45) is 0 Å². The van der Waals surface area contributed by atoms with Crippen molar-refractivity contribution in [2.45, 2.75) is 41.9 Å². The minimum atomic E-state index is -3.66. The molecule has 3 aliphatic rings. The Morgan fingerprint density at radius 2 is 1.97 bits per heavy atom. The zero-order valence-corrected chi connectivity index (χ0v) is 17.8. The van der Waals surface area contributed by atoms with E-state index in [1.54, 1.807) is 18.2 Å². The minimum absolute atomic E-state index is 0.0718. The Bertz CT molecular complexity index is 1240. The fourth-order valence-electron chi connectivity index (χ4n) is 5.13. The maximum atomic E-state index is 13.1. The van der Waals surface area contributed by atoms with Gasteiger partial charge in [0.2, 0.25) is 5.76 Å². The van der Waals surface area contributed by atoms with Crippen LogP contribution in [0.25, 0.3) is 11.0 Å². The fourth-order valence-corrected chi connectivity index (χ4v) is 7.12. The van der Waals surface area contributed by atoms with E-state index in [0.29, 0.717) is 18.4 Å². The van der Waals surface area contributed by atoms with Crippen LogP contribution in [0.2, 0.25) is 0 Å². The molecule has 2 aromatic carbocycles. The molecule has 7 nitrogen and oxygen atoms in total. The van der Waals surface area contributed by atoms with E-state index in [1.165, 1.54) is 0 Å². The van der Waals surface area contributed by atoms with Gasteiger partial charge >= 0.3 is 5.97 Å². The normalized spacial score (nSPS) is 35.2. The second-order valence-corrected chi connectivity index (χ2v) is 10.4. The van der Waals surface area contributed by atoms with E-state index in [4.69, 9.17) is 13.9 Å². The fraction of sp³-hybridized carbons (Fsp3) is 0.292. The minimum Gasteiger partial charge on any atom is -0.597 e. The number of hydrogen-bond acceptors (Lipinski definition) is 6. The lowest BCUT2D eigenvalue weighted by atomic mass is 9.83. The second-order valence-electron chi connectivity index (χ2n) is 8.53. The summed E-state index contributed by atoms with van der Waals surface area (Å²) in [5, 5.41) is -0.0240. The molecule has 1 N–H and O–H groups in total. The molecule has 6 rings (SSSR count). The van der Waals surface area contributed by atoms with Crippen LogP contribution in [0, 0.1) is 0 Å². The maximum Gasteiger partial charge on any atom is 0.374 e. The summed E-state index contributed by atoms with van der Waals surface area (Å²) in [4.78, 5) is 13.1. The first kappa shape index (κ1) is 19.9. The molecule has 2 fully saturated rings. The molecular weight excluding hydrogens is 430 g/mol. The van der Waals surface area contributed by atoms with Crippen LogP contribution in [-0.2, 0) is 30.5 Å². The molecule has 1 spiro atoms. The van der Waals surface area contributed by atoms with E-state index < -0.39 is 39.4 Å². The summed E-state index contributed by atoms with van der Waals surface area (Å²) >= 11 is 0. The number of benzene rings is 2. The SMILES string of the molecule is O=C(O[C@@H]1[C@H](Cc2ccccc2)N[S+](=O)([O-])[C@H]2CC3C=C[C@]12O3)c1cc2ccccc2o1. The Kier molecular flexibility index (Phi) is 4.42. The van der Waals surface area contributed by atoms with Crippen molar-refractivity contribution in [2.75, 3.05) is 0 Å². The van der Waals surface area contributed by atoms with Crippen molar-refractivity contribution in [3.63, 3.8) is 0 Å². The third-order valence-corrected chi connectivity index (χ3v) is 8.48. The van der Waals surface area contributed by atoms with Gasteiger partial charge in [0, 0.05) is 11.8 Å². The van der Waals surface area contributed by atoms with Gasteiger partial charge in [-0.2, -0.15) is 0 Å². The van der Waals surface area contributed by atoms with E-state index in [0.717, 1.165) is 10.9 Å². The van der Waals surface area contributed by atoms with Crippen LogP contribution in [-0.4, -0.2) is 39.6 Å². The number of furan rings is 1. The predicted molar refractivity (Wildman–Crippen MR) is 116 cm³/mol. The maximum absolute atomic E-state index is 13.1. The standard InChI is InChI=1S/C24H21NO6S/c26-23(20-13-16-8-4-5-9-19(16)29-20)30-22-18(12-15-6-2-1-3-7-15)25-32(27,28)21-14-17-10-11-24(21,22)31-17/h1-11,13,17-18,21-22H,12,14H2,(H-,25,27,28)/t17?,18-,21-,22+,24+/m0/s1. The van der Waals surface area contributed by atoms with Crippen LogP contribution in [0.5, 0.6) is 0 Å². The molecule has 0 aliphatic carbocycles. The summed E-state index contributed by atoms with van der Waals surface area (Å²) in [5.74, 6) is -0.576. The Morgan fingerprint density at radius 3 is 2.75 bits per heavy atom. The van der Waals surface area contributed by atoms with Gasteiger partial charge in [0.1, 0.15) is 16.0 Å². The highest BCUT2D eigenvalue weighted by Crippen LogP contribution is 2.50. The first-order valence-electron chi connectivity index (χ1n) is 10.6. The van der Waals surface area contributed by atoms with Gasteiger partial charge in [0.05, 0.1) is 12.1 Å². The highest BCUT2D eigenvalue weighted by atomic mass is 32.3. The Balaban J connectivity index is 1.37. The molecule has 164 valence electrons. The summed E-state index contributed by atoms with van der Waals surface area (Å²) in [6, 6.07) is 17.8. The molecule has 2 saturated heterocycles. The Hall–Kier alpha value is -2.78. The molecule has 0 saturated carbocycles. The van der Waals surface area contributed by atoms with E-state index in [9.17, 15) is 13.6 Å². The van der Waals surface area contributed by atoms with E-state index in [2.05, 4.69) is 4.72 Å². The molecular formula is C24H21NO6S. The molecule has 6 atom stereocenters. The number of para-hydroxylation sites is 1. The van der Waals surface area contributed by atoms with Gasteiger partial charge in [0.15, 0.2) is 17.0 Å². The smallest absolute Gasteiger partial charge is 0.374 e. The highest BCUT2D eigenvalue weighted by Gasteiger charge is 2.69. The van der Waals surface area contributed by atoms with Crippen LogP contribution in [0.3, 0.4) is 0 Å². The number of fused-ring (bicyclic) bond motifs is 2. The molecule has 3 aromatic rings. The number of nitrogens with one attached hydrogen (secondary N) is 1. The topological polar surface area (TPSA) is 101 Å². The van der Waals surface area contributed by atoms with Crippen molar-refractivity contribution in [1.29, 1.82) is 0 Å². The van der Waals surface area contributed by atoms with E-state index in [1.807, 2.05) is 54.6 Å². The number of carbonyl (C=O) groups excluding carboxylic acids is 1. The monoisotopic (exact) mass is 451 g/mol. The van der Waals surface area contributed by atoms with Crippen molar-refractivity contribution < 1.29 is 27.4 Å². The quantitative estimate of drug-likeness (QED) is 0.371. The summed E-state index contributed by atoms with van der Waals surface area (Å²) in [6.07, 6.45) is 3.16. The average Bonchev–Trinajstić information content (AvgIpc) is 3.50. The molecule has 1 aromatic heterocycles. The van der Waals surface area contributed by atoms with Crippen LogP contribution in [0.1, 0.15) is 22.5 Å². The summed E-state index contributed by atoms with van der Waals surface area (Å²) in [5.41, 5.74) is 0.297. The van der Waals surface area contributed by atoms with Gasteiger partial charge in [-0.3, -0.25) is 0 Å². The first-order chi connectivity index (χ1) is 15.4. The number of esters is 1.